The standard InChI is InChI=1S/C12H9FN2O3S/c13-10-7-15(12(18)14-11(10)17)6-9-4-3-8(19-9)2-1-5-16/h3-4,7,16H,5-6H2,(H,14,17,18). The summed E-state index contributed by atoms with van der Waals surface area (Å²) in [5.74, 6) is 4.24. The van der Waals surface area contributed by atoms with Crippen LogP contribution in [0.3, 0.4) is 0 Å². The first-order valence-corrected chi connectivity index (χ1v) is 6.09. The molecule has 0 unspecified atom stereocenters. The van der Waals surface area contributed by atoms with Gasteiger partial charge in [0.25, 0.3) is 5.56 Å². The van der Waals surface area contributed by atoms with Gasteiger partial charge in [-0.05, 0) is 12.1 Å². The quantitative estimate of drug-likeness (QED) is 0.768. The highest BCUT2D eigenvalue weighted by atomic mass is 32.1. The molecule has 0 aliphatic carbocycles. The number of nitrogens with one attached hydrogen (secondary N) is 1. The minimum Gasteiger partial charge on any atom is -0.384 e. The van der Waals surface area contributed by atoms with Crippen LogP contribution >= 0.6 is 11.3 Å². The molecule has 0 saturated heterocycles. The number of rotatable bonds is 2. The normalized spacial score (nSPS) is 10.0. The number of aromatic nitrogens is 2. The van der Waals surface area contributed by atoms with E-state index < -0.39 is 17.1 Å². The highest BCUT2D eigenvalue weighted by Gasteiger charge is 2.05. The van der Waals surface area contributed by atoms with Crippen molar-refractivity contribution in [1.82, 2.24) is 9.55 Å². The number of aliphatic hydroxyl groups excluding tert-OH is 1. The Bertz CT molecular complexity index is 764. The van der Waals surface area contributed by atoms with Gasteiger partial charge < -0.3 is 5.11 Å². The van der Waals surface area contributed by atoms with E-state index in [2.05, 4.69) is 11.8 Å². The summed E-state index contributed by atoms with van der Waals surface area (Å²) in [6.07, 6.45) is 0.875. The van der Waals surface area contributed by atoms with Gasteiger partial charge in [0.2, 0.25) is 5.82 Å². The monoisotopic (exact) mass is 280 g/mol. The number of aliphatic hydroxyl groups is 1. The molecule has 2 aromatic rings. The van der Waals surface area contributed by atoms with Crippen LogP contribution < -0.4 is 11.2 Å². The first kappa shape index (κ1) is 13.3. The largest absolute Gasteiger partial charge is 0.384 e. The lowest BCUT2D eigenvalue weighted by atomic mass is 10.4. The zero-order valence-corrected chi connectivity index (χ0v) is 10.5. The van der Waals surface area contributed by atoms with Crippen LogP contribution in [0.25, 0.3) is 0 Å². The molecule has 0 aliphatic heterocycles. The lowest BCUT2D eigenvalue weighted by molar-refractivity contribution is 0.350. The van der Waals surface area contributed by atoms with Crippen LogP contribution in [-0.4, -0.2) is 21.3 Å². The molecular weight excluding hydrogens is 271 g/mol. The molecule has 0 amide bonds. The van der Waals surface area contributed by atoms with Crippen LogP contribution in [-0.2, 0) is 6.54 Å². The van der Waals surface area contributed by atoms with E-state index in [-0.39, 0.29) is 13.2 Å². The van der Waals surface area contributed by atoms with Crippen LogP contribution in [0, 0.1) is 17.7 Å². The van der Waals surface area contributed by atoms with Gasteiger partial charge >= 0.3 is 5.69 Å². The van der Waals surface area contributed by atoms with Crippen molar-refractivity contribution in [2.45, 2.75) is 6.54 Å². The molecule has 0 radical (unpaired) electrons. The Kier molecular flexibility index (Phi) is 3.94. The van der Waals surface area contributed by atoms with E-state index >= 15 is 0 Å². The molecule has 2 N–H and O–H groups in total. The van der Waals surface area contributed by atoms with Gasteiger partial charge in [0.1, 0.15) is 6.61 Å². The molecule has 2 aromatic heterocycles. The Hall–Kier alpha value is -2.17. The SMILES string of the molecule is O=c1[nH]c(=O)n(Cc2ccc(C#CCO)s2)cc1F. The van der Waals surface area contributed by atoms with Gasteiger partial charge in [-0.2, -0.15) is 4.39 Å². The van der Waals surface area contributed by atoms with E-state index in [1.54, 1.807) is 12.1 Å². The highest BCUT2D eigenvalue weighted by molar-refractivity contribution is 7.12. The molecule has 19 heavy (non-hydrogen) atoms. The van der Waals surface area contributed by atoms with Crippen molar-refractivity contribution in [1.29, 1.82) is 0 Å². The molecule has 2 heterocycles. The predicted octanol–water partition coefficient (Wildman–Crippen LogP) is 0.129. The van der Waals surface area contributed by atoms with E-state index in [0.717, 1.165) is 20.5 Å². The third kappa shape index (κ3) is 3.19. The molecule has 0 saturated carbocycles. The van der Waals surface area contributed by atoms with Gasteiger partial charge in [-0.25, -0.2) is 4.79 Å². The van der Waals surface area contributed by atoms with Gasteiger partial charge in [-0.1, -0.05) is 11.8 Å². The Morgan fingerprint density at radius 2 is 2.21 bits per heavy atom. The fourth-order valence-electron chi connectivity index (χ4n) is 1.42. The molecule has 0 fully saturated rings. The Balaban J connectivity index is 2.27. The van der Waals surface area contributed by atoms with Crippen LogP contribution in [0.5, 0.6) is 0 Å². The van der Waals surface area contributed by atoms with E-state index in [1.165, 1.54) is 11.3 Å². The maximum Gasteiger partial charge on any atom is 0.328 e. The number of hydrogen-bond acceptors (Lipinski definition) is 4. The average molecular weight is 280 g/mol. The summed E-state index contributed by atoms with van der Waals surface area (Å²) in [5.41, 5.74) is -1.69. The van der Waals surface area contributed by atoms with E-state index in [9.17, 15) is 14.0 Å². The van der Waals surface area contributed by atoms with Crippen molar-refractivity contribution in [3.05, 3.63) is 54.7 Å². The van der Waals surface area contributed by atoms with Gasteiger partial charge in [0, 0.05) is 4.88 Å². The van der Waals surface area contributed by atoms with Crippen molar-refractivity contribution in [2.75, 3.05) is 6.61 Å². The summed E-state index contributed by atoms with van der Waals surface area (Å²) in [6.45, 7) is -0.0736. The third-order valence-corrected chi connectivity index (χ3v) is 3.23. The minimum absolute atomic E-state index is 0.151. The lowest BCUT2D eigenvalue weighted by Gasteiger charge is -2.01. The summed E-state index contributed by atoms with van der Waals surface area (Å²) < 4.78 is 14.2. The number of hydrogen-bond donors (Lipinski definition) is 2. The Morgan fingerprint density at radius 3 is 2.95 bits per heavy atom. The third-order valence-electron chi connectivity index (χ3n) is 2.25. The zero-order valence-electron chi connectivity index (χ0n) is 9.64. The number of thiophene rings is 1. The second kappa shape index (κ2) is 5.65. The fraction of sp³-hybridized carbons (Fsp3) is 0.167. The summed E-state index contributed by atoms with van der Waals surface area (Å²) in [7, 11) is 0. The summed E-state index contributed by atoms with van der Waals surface area (Å²) in [6, 6.07) is 3.50. The van der Waals surface area contributed by atoms with Gasteiger partial charge in [0.15, 0.2) is 0 Å². The first-order valence-electron chi connectivity index (χ1n) is 5.28. The van der Waals surface area contributed by atoms with Crippen LogP contribution in [0.4, 0.5) is 4.39 Å². The van der Waals surface area contributed by atoms with Crippen molar-refractivity contribution in [3.8, 4) is 11.8 Å². The smallest absolute Gasteiger partial charge is 0.328 e. The lowest BCUT2D eigenvalue weighted by Crippen LogP contribution is -2.31. The Morgan fingerprint density at radius 1 is 1.42 bits per heavy atom. The summed E-state index contributed by atoms with van der Waals surface area (Å²) in [4.78, 5) is 25.8. The maximum absolute atomic E-state index is 13.1. The molecule has 0 bridgehead atoms. The maximum atomic E-state index is 13.1. The van der Waals surface area contributed by atoms with Gasteiger partial charge in [-0.3, -0.25) is 14.3 Å². The van der Waals surface area contributed by atoms with Crippen LogP contribution in [0.1, 0.15) is 9.75 Å². The second-order valence-corrected chi connectivity index (χ2v) is 4.76. The predicted molar refractivity (Wildman–Crippen MR) is 68.7 cm³/mol. The van der Waals surface area contributed by atoms with E-state index in [1.807, 2.05) is 4.98 Å². The van der Waals surface area contributed by atoms with E-state index in [4.69, 9.17) is 5.11 Å². The van der Waals surface area contributed by atoms with Gasteiger partial charge in [-0.15, -0.1) is 11.3 Å². The topological polar surface area (TPSA) is 75.1 Å². The molecule has 0 atom stereocenters. The molecule has 0 aromatic carbocycles. The van der Waals surface area contributed by atoms with Crippen molar-refractivity contribution in [2.24, 2.45) is 0 Å². The molecule has 0 aliphatic rings. The number of H-pyrrole nitrogens is 1. The van der Waals surface area contributed by atoms with E-state index in [0.29, 0.717) is 0 Å². The zero-order chi connectivity index (χ0) is 13.8. The molecule has 98 valence electrons. The van der Waals surface area contributed by atoms with Crippen LogP contribution in [0.15, 0.2) is 27.9 Å². The van der Waals surface area contributed by atoms with Crippen molar-refractivity contribution < 1.29 is 9.50 Å². The first-order chi connectivity index (χ1) is 9.10. The highest BCUT2D eigenvalue weighted by Crippen LogP contribution is 2.15. The number of nitrogens with zero attached hydrogens (tertiary/aromatic N) is 1. The molecule has 5 nitrogen and oxygen atoms in total. The second-order valence-electron chi connectivity index (χ2n) is 3.59. The fourth-order valence-corrected chi connectivity index (χ4v) is 2.31. The number of halogens is 1. The summed E-state index contributed by atoms with van der Waals surface area (Å²) >= 11 is 1.33. The summed E-state index contributed by atoms with van der Waals surface area (Å²) in [5, 5.41) is 8.57. The number of aromatic amines is 1. The molecule has 7 heteroatoms. The molecule has 2 rings (SSSR count). The van der Waals surface area contributed by atoms with Crippen molar-refractivity contribution in [3.63, 3.8) is 0 Å². The molecule has 0 spiro atoms. The van der Waals surface area contributed by atoms with Crippen molar-refractivity contribution >= 4 is 11.3 Å². The minimum atomic E-state index is -1.03. The van der Waals surface area contributed by atoms with Crippen LogP contribution in [0.2, 0.25) is 0 Å². The van der Waals surface area contributed by atoms with Gasteiger partial charge in [0.05, 0.1) is 17.6 Å². The molecular formula is C12H9FN2O3S. The Labute approximate surface area is 111 Å². The average Bonchev–Trinajstić information content (AvgIpc) is 2.81.